The number of rotatable bonds is 6. The summed E-state index contributed by atoms with van der Waals surface area (Å²) in [5, 5.41) is 6.77. The molecule has 152 valence electrons. The number of amides is 1. The molecule has 1 fully saturated rings. The van der Waals surface area contributed by atoms with Crippen LogP contribution >= 0.6 is 0 Å². The molecule has 0 unspecified atom stereocenters. The number of aryl methyl sites for hydroxylation is 1. The molecule has 0 radical (unpaired) electrons. The molecule has 0 atom stereocenters. The van der Waals surface area contributed by atoms with Crippen LogP contribution in [0, 0.1) is 0 Å². The summed E-state index contributed by atoms with van der Waals surface area (Å²) in [4.78, 5) is 12.8. The predicted octanol–water partition coefficient (Wildman–Crippen LogP) is 2.73. The van der Waals surface area contributed by atoms with Crippen LogP contribution in [0.25, 0.3) is 0 Å². The highest BCUT2D eigenvalue weighted by atomic mass is 32.2. The molecule has 0 spiro atoms. The highest BCUT2D eigenvalue weighted by molar-refractivity contribution is 7.89. The van der Waals surface area contributed by atoms with Crippen LogP contribution in [0.1, 0.15) is 43.0 Å². The van der Waals surface area contributed by atoms with Gasteiger partial charge in [0.25, 0.3) is 15.9 Å². The van der Waals surface area contributed by atoms with E-state index in [2.05, 4.69) is 10.4 Å². The lowest BCUT2D eigenvalue weighted by Gasteiger charge is -2.19. The van der Waals surface area contributed by atoms with Gasteiger partial charge in [0.1, 0.15) is 5.75 Å². The van der Waals surface area contributed by atoms with Gasteiger partial charge in [0.05, 0.1) is 12.7 Å². The van der Waals surface area contributed by atoms with E-state index in [9.17, 15) is 13.2 Å². The molecule has 0 bridgehead atoms. The van der Waals surface area contributed by atoms with Crippen LogP contribution in [-0.4, -0.2) is 48.6 Å². The Morgan fingerprint density at radius 2 is 1.79 bits per heavy atom. The number of anilines is 1. The Labute approximate surface area is 165 Å². The molecule has 1 aromatic heterocycles. The SMILES string of the molecule is CCn1cc(C(=O)Nc2ccc(OC)cc2)c(S(=O)(=O)N2CCCCCC2)n1. The van der Waals surface area contributed by atoms with Gasteiger partial charge in [0, 0.05) is 31.5 Å². The van der Waals surface area contributed by atoms with Crippen LogP contribution in [0.5, 0.6) is 5.75 Å². The number of carbonyl (C=O) groups is 1. The second-order valence-electron chi connectivity index (χ2n) is 6.70. The van der Waals surface area contributed by atoms with Crippen molar-refractivity contribution in [3.8, 4) is 5.75 Å². The van der Waals surface area contributed by atoms with Crippen LogP contribution in [0.2, 0.25) is 0 Å². The van der Waals surface area contributed by atoms with Crippen molar-refractivity contribution in [3.05, 3.63) is 36.0 Å². The fourth-order valence-electron chi connectivity index (χ4n) is 3.19. The number of benzene rings is 1. The van der Waals surface area contributed by atoms with E-state index in [0.717, 1.165) is 25.7 Å². The molecule has 1 amide bonds. The van der Waals surface area contributed by atoms with Gasteiger partial charge in [-0.2, -0.15) is 9.40 Å². The van der Waals surface area contributed by atoms with Crippen molar-refractivity contribution in [2.75, 3.05) is 25.5 Å². The summed E-state index contributed by atoms with van der Waals surface area (Å²) in [5.41, 5.74) is 0.607. The van der Waals surface area contributed by atoms with E-state index in [0.29, 0.717) is 31.1 Å². The molecule has 2 aromatic rings. The van der Waals surface area contributed by atoms with Gasteiger partial charge in [0.2, 0.25) is 5.03 Å². The Bertz CT molecular complexity index is 914. The van der Waals surface area contributed by atoms with Crippen molar-refractivity contribution >= 4 is 21.6 Å². The lowest BCUT2D eigenvalue weighted by molar-refractivity contribution is 0.102. The van der Waals surface area contributed by atoms with Gasteiger partial charge in [0.15, 0.2) is 0 Å². The van der Waals surface area contributed by atoms with Crippen molar-refractivity contribution < 1.29 is 17.9 Å². The number of hydrogen-bond acceptors (Lipinski definition) is 5. The number of nitrogens with zero attached hydrogens (tertiary/aromatic N) is 3. The molecule has 28 heavy (non-hydrogen) atoms. The van der Waals surface area contributed by atoms with Crippen LogP contribution in [0.3, 0.4) is 0 Å². The van der Waals surface area contributed by atoms with Crippen LogP contribution in [0.15, 0.2) is 35.5 Å². The maximum absolute atomic E-state index is 13.2. The second kappa shape index (κ2) is 8.74. The van der Waals surface area contributed by atoms with E-state index in [-0.39, 0.29) is 10.6 Å². The number of aromatic nitrogens is 2. The molecule has 3 rings (SSSR count). The summed E-state index contributed by atoms with van der Waals surface area (Å²) >= 11 is 0. The fraction of sp³-hybridized carbons (Fsp3) is 0.474. The average molecular weight is 407 g/mol. The van der Waals surface area contributed by atoms with Gasteiger partial charge in [-0.3, -0.25) is 9.48 Å². The number of methoxy groups -OCH3 is 1. The topological polar surface area (TPSA) is 93.5 Å². The maximum Gasteiger partial charge on any atom is 0.263 e. The zero-order valence-electron chi connectivity index (χ0n) is 16.2. The number of ether oxygens (including phenoxy) is 1. The molecule has 1 aliphatic heterocycles. The molecule has 0 saturated carbocycles. The third-order valence-electron chi connectivity index (χ3n) is 4.79. The largest absolute Gasteiger partial charge is 0.497 e. The fourth-order valence-corrected chi connectivity index (χ4v) is 4.80. The number of sulfonamides is 1. The lowest BCUT2D eigenvalue weighted by Crippen LogP contribution is -2.33. The van der Waals surface area contributed by atoms with Gasteiger partial charge >= 0.3 is 0 Å². The smallest absolute Gasteiger partial charge is 0.263 e. The van der Waals surface area contributed by atoms with Gasteiger partial charge in [-0.1, -0.05) is 12.8 Å². The van der Waals surface area contributed by atoms with E-state index in [1.54, 1.807) is 31.4 Å². The highest BCUT2D eigenvalue weighted by Crippen LogP contribution is 2.24. The van der Waals surface area contributed by atoms with E-state index in [1.807, 2.05) is 6.92 Å². The summed E-state index contributed by atoms with van der Waals surface area (Å²) in [6, 6.07) is 6.84. The Kier molecular flexibility index (Phi) is 6.35. The number of hydrogen-bond donors (Lipinski definition) is 1. The molecule has 1 aliphatic rings. The Morgan fingerprint density at radius 3 is 2.36 bits per heavy atom. The first-order valence-electron chi connectivity index (χ1n) is 9.48. The highest BCUT2D eigenvalue weighted by Gasteiger charge is 2.33. The van der Waals surface area contributed by atoms with Crippen LogP contribution in [0.4, 0.5) is 5.69 Å². The first-order valence-corrected chi connectivity index (χ1v) is 10.9. The zero-order chi connectivity index (χ0) is 20.1. The molecule has 1 N–H and O–H groups in total. The molecule has 2 heterocycles. The summed E-state index contributed by atoms with van der Waals surface area (Å²) < 4.78 is 34.4. The minimum absolute atomic E-state index is 0.0573. The normalized spacial score (nSPS) is 15.8. The quantitative estimate of drug-likeness (QED) is 0.796. The van der Waals surface area contributed by atoms with Crippen LogP contribution < -0.4 is 10.1 Å². The predicted molar refractivity (Wildman–Crippen MR) is 106 cm³/mol. The Morgan fingerprint density at radius 1 is 1.14 bits per heavy atom. The standard InChI is InChI=1S/C19H26N4O4S/c1-3-22-14-17(18(24)20-15-8-10-16(27-2)11-9-15)19(21-22)28(25,26)23-12-6-4-5-7-13-23/h8-11,14H,3-7,12-13H2,1-2H3,(H,20,24). The Balaban J connectivity index is 1.90. The van der Waals surface area contributed by atoms with Gasteiger partial charge in [-0.05, 0) is 44.0 Å². The third kappa shape index (κ3) is 4.36. The average Bonchev–Trinajstić information content (AvgIpc) is 2.96. The lowest BCUT2D eigenvalue weighted by atomic mass is 10.2. The minimum atomic E-state index is -3.83. The van der Waals surface area contributed by atoms with Crippen molar-refractivity contribution in [2.24, 2.45) is 0 Å². The molecular weight excluding hydrogens is 380 g/mol. The summed E-state index contributed by atoms with van der Waals surface area (Å²) in [5.74, 6) is 0.166. The molecule has 0 aliphatic carbocycles. The molecule has 9 heteroatoms. The van der Waals surface area contributed by atoms with Crippen LogP contribution in [-0.2, 0) is 16.6 Å². The van der Waals surface area contributed by atoms with E-state index in [1.165, 1.54) is 15.2 Å². The summed E-state index contributed by atoms with van der Waals surface area (Å²) in [6.07, 6.45) is 5.16. The van der Waals surface area contributed by atoms with Crippen molar-refractivity contribution in [2.45, 2.75) is 44.2 Å². The molecule has 8 nitrogen and oxygen atoms in total. The monoisotopic (exact) mass is 406 g/mol. The molecular formula is C19H26N4O4S. The summed E-state index contributed by atoms with van der Waals surface area (Å²) in [6.45, 7) is 3.24. The minimum Gasteiger partial charge on any atom is -0.497 e. The van der Waals surface area contributed by atoms with Crippen molar-refractivity contribution in [1.29, 1.82) is 0 Å². The molecule has 1 saturated heterocycles. The van der Waals surface area contributed by atoms with Gasteiger partial charge in [-0.15, -0.1) is 0 Å². The van der Waals surface area contributed by atoms with Crippen molar-refractivity contribution in [3.63, 3.8) is 0 Å². The van der Waals surface area contributed by atoms with Gasteiger partial charge < -0.3 is 10.1 Å². The maximum atomic E-state index is 13.2. The summed E-state index contributed by atoms with van der Waals surface area (Å²) in [7, 11) is -2.27. The molecule has 1 aromatic carbocycles. The van der Waals surface area contributed by atoms with E-state index >= 15 is 0 Å². The first kappa shape index (κ1) is 20.3. The van der Waals surface area contributed by atoms with E-state index in [4.69, 9.17) is 4.74 Å². The van der Waals surface area contributed by atoms with Gasteiger partial charge in [-0.25, -0.2) is 8.42 Å². The third-order valence-corrected chi connectivity index (χ3v) is 6.63. The van der Waals surface area contributed by atoms with Crippen molar-refractivity contribution in [1.82, 2.24) is 14.1 Å². The van der Waals surface area contributed by atoms with E-state index < -0.39 is 15.9 Å². The number of carbonyl (C=O) groups excluding carboxylic acids is 1. The first-order chi connectivity index (χ1) is 13.5. The zero-order valence-corrected chi connectivity index (χ0v) is 17.0. The Hall–Kier alpha value is -2.39. The number of nitrogens with one attached hydrogen (secondary N) is 1. The second-order valence-corrected chi connectivity index (χ2v) is 8.56.